The maximum absolute atomic E-state index is 11.5. The van der Waals surface area contributed by atoms with Gasteiger partial charge in [-0.15, -0.1) is 0 Å². The summed E-state index contributed by atoms with van der Waals surface area (Å²) in [4.78, 5) is 18.3. The zero-order chi connectivity index (χ0) is 18.7. The van der Waals surface area contributed by atoms with Crippen molar-refractivity contribution in [3.05, 3.63) is 0 Å². The van der Waals surface area contributed by atoms with Crippen molar-refractivity contribution in [2.45, 2.75) is 52.6 Å². The molecule has 1 fully saturated rings. The molecule has 1 unspecified atom stereocenters. The van der Waals surface area contributed by atoms with Crippen LogP contribution >= 0.6 is 0 Å². The van der Waals surface area contributed by atoms with Crippen LogP contribution in [0.1, 0.15) is 47.0 Å². The number of carbonyl (C=O) groups is 1. The number of nitrogens with one attached hydrogen (secondary N) is 3. The summed E-state index contributed by atoms with van der Waals surface area (Å²) in [6, 6.07) is 0. The van der Waals surface area contributed by atoms with Crippen molar-refractivity contribution in [3.8, 4) is 0 Å². The van der Waals surface area contributed by atoms with Crippen molar-refractivity contribution in [1.82, 2.24) is 20.9 Å². The molecule has 0 aromatic heterocycles. The van der Waals surface area contributed by atoms with Gasteiger partial charge in [-0.05, 0) is 59.0 Å². The molecule has 25 heavy (non-hydrogen) atoms. The average molecular weight is 356 g/mol. The monoisotopic (exact) mass is 355 g/mol. The summed E-state index contributed by atoms with van der Waals surface area (Å²) in [7, 11) is 1.78. The second kappa shape index (κ2) is 11.2. The average Bonchev–Trinajstić information content (AvgIpc) is 2.96. The molecule has 0 bridgehead atoms. The van der Waals surface area contributed by atoms with Crippen LogP contribution in [0.15, 0.2) is 4.99 Å². The minimum Gasteiger partial charge on any atom is -0.444 e. The van der Waals surface area contributed by atoms with Gasteiger partial charge in [0.25, 0.3) is 0 Å². The summed E-state index contributed by atoms with van der Waals surface area (Å²) in [6.07, 6.45) is 2.92. The minimum atomic E-state index is -0.457. The number of carbonyl (C=O) groups excluding carboxylic acids is 1. The first kappa shape index (κ1) is 21.5. The maximum Gasteiger partial charge on any atom is 0.407 e. The first-order valence-electron chi connectivity index (χ1n) is 9.47. The lowest BCUT2D eigenvalue weighted by Gasteiger charge is -2.19. The quantitative estimate of drug-likeness (QED) is 0.352. The van der Waals surface area contributed by atoms with Crippen LogP contribution in [0.4, 0.5) is 4.79 Å². The number of likely N-dealkylation sites (tertiary alicyclic amines) is 1. The zero-order valence-corrected chi connectivity index (χ0v) is 16.7. The molecule has 7 nitrogen and oxygen atoms in total. The Kier molecular flexibility index (Phi) is 9.63. The maximum atomic E-state index is 11.5. The number of nitrogens with zero attached hydrogens (tertiary/aromatic N) is 2. The Morgan fingerprint density at radius 2 is 1.96 bits per heavy atom. The van der Waals surface area contributed by atoms with Gasteiger partial charge in [0.1, 0.15) is 5.60 Å². The molecule has 1 saturated heterocycles. The molecule has 0 saturated carbocycles. The van der Waals surface area contributed by atoms with Gasteiger partial charge in [-0.25, -0.2) is 4.79 Å². The lowest BCUT2D eigenvalue weighted by Crippen LogP contribution is -2.41. The molecule has 0 aromatic rings. The predicted molar refractivity (Wildman–Crippen MR) is 103 cm³/mol. The van der Waals surface area contributed by atoms with Gasteiger partial charge >= 0.3 is 6.09 Å². The highest BCUT2D eigenvalue weighted by atomic mass is 16.6. The Morgan fingerprint density at radius 3 is 2.60 bits per heavy atom. The van der Waals surface area contributed by atoms with E-state index in [4.69, 9.17) is 4.74 Å². The van der Waals surface area contributed by atoms with Crippen molar-refractivity contribution in [2.24, 2.45) is 10.9 Å². The lowest BCUT2D eigenvalue weighted by molar-refractivity contribution is 0.0527. The molecule has 1 aliphatic rings. The van der Waals surface area contributed by atoms with E-state index in [1.54, 1.807) is 7.05 Å². The fraction of sp³-hybridized carbons (Fsp3) is 0.889. The van der Waals surface area contributed by atoms with Gasteiger partial charge in [-0.3, -0.25) is 4.99 Å². The lowest BCUT2D eigenvalue weighted by atomic mass is 10.1. The van der Waals surface area contributed by atoms with Crippen molar-refractivity contribution >= 4 is 12.1 Å². The summed E-state index contributed by atoms with van der Waals surface area (Å²) >= 11 is 0. The van der Waals surface area contributed by atoms with Crippen molar-refractivity contribution in [1.29, 1.82) is 0 Å². The van der Waals surface area contributed by atoms with E-state index in [0.717, 1.165) is 25.5 Å². The Bertz CT molecular complexity index is 420. The SMILES string of the molecule is CCCN1CCC(CNC(=NC)NCCCNC(=O)OC(C)(C)C)C1. The molecule has 1 amide bonds. The topological polar surface area (TPSA) is 78.0 Å². The van der Waals surface area contributed by atoms with Gasteiger partial charge in [-0.1, -0.05) is 6.92 Å². The van der Waals surface area contributed by atoms with Crippen molar-refractivity contribution < 1.29 is 9.53 Å². The molecule has 0 aromatic carbocycles. The van der Waals surface area contributed by atoms with E-state index < -0.39 is 5.60 Å². The van der Waals surface area contributed by atoms with Crippen LogP contribution in [0, 0.1) is 5.92 Å². The molecular formula is C18H37N5O2. The predicted octanol–water partition coefficient (Wildman–Crippen LogP) is 1.80. The summed E-state index contributed by atoms with van der Waals surface area (Å²) in [5, 5.41) is 9.45. The Balaban J connectivity index is 2.10. The second-order valence-corrected chi connectivity index (χ2v) is 7.62. The number of alkyl carbamates (subject to hydrolysis) is 1. The number of amides is 1. The molecule has 1 rings (SSSR count). The second-order valence-electron chi connectivity index (χ2n) is 7.62. The van der Waals surface area contributed by atoms with Crippen molar-refractivity contribution in [2.75, 3.05) is 46.3 Å². The Hall–Kier alpha value is -1.50. The largest absolute Gasteiger partial charge is 0.444 e. The fourth-order valence-corrected chi connectivity index (χ4v) is 2.86. The Morgan fingerprint density at radius 1 is 1.24 bits per heavy atom. The van der Waals surface area contributed by atoms with Crippen LogP contribution in [0.2, 0.25) is 0 Å². The number of rotatable bonds is 8. The van der Waals surface area contributed by atoms with E-state index in [9.17, 15) is 4.79 Å². The third-order valence-electron chi connectivity index (χ3n) is 4.01. The normalized spacial score (nSPS) is 18.9. The standard InChI is InChI=1S/C18H37N5O2/c1-6-11-23-12-8-15(14-23)13-22-16(19-5)20-9-7-10-21-17(24)25-18(2,3)4/h15H,6-14H2,1-5H3,(H,21,24)(H2,19,20,22). The number of hydrogen-bond acceptors (Lipinski definition) is 4. The summed E-state index contributed by atoms with van der Waals surface area (Å²) in [6.45, 7) is 13.7. The zero-order valence-electron chi connectivity index (χ0n) is 16.7. The van der Waals surface area contributed by atoms with Crippen LogP contribution in [-0.4, -0.2) is 68.9 Å². The highest BCUT2D eigenvalue weighted by Crippen LogP contribution is 2.15. The van der Waals surface area contributed by atoms with E-state index in [1.807, 2.05) is 20.8 Å². The van der Waals surface area contributed by atoms with Gasteiger partial charge in [0.15, 0.2) is 5.96 Å². The van der Waals surface area contributed by atoms with E-state index >= 15 is 0 Å². The van der Waals surface area contributed by atoms with Gasteiger partial charge in [0.2, 0.25) is 0 Å². The highest BCUT2D eigenvalue weighted by Gasteiger charge is 2.21. The van der Waals surface area contributed by atoms with E-state index in [1.165, 1.54) is 32.5 Å². The molecule has 1 aliphatic heterocycles. The molecule has 0 spiro atoms. The van der Waals surface area contributed by atoms with Gasteiger partial charge in [0, 0.05) is 33.2 Å². The Labute approximate surface area is 153 Å². The van der Waals surface area contributed by atoms with Crippen LogP contribution in [0.25, 0.3) is 0 Å². The first-order valence-corrected chi connectivity index (χ1v) is 9.47. The molecule has 0 aliphatic carbocycles. The van der Waals surface area contributed by atoms with Crippen LogP contribution < -0.4 is 16.0 Å². The molecule has 1 atom stereocenters. The van der Waals surface area contributed by atoms with E-state index in [-0.39, 0.29) is 6.09 Å². The molecular weight excluding hydrogens is 318 g/mol. The summed E-state index contributed by atoms with van der Waals surface area (Å²) in [5.41, 5.74) is -0.457. The van der Waals surface area contributed by atoms with E-state index in [0.29, 0.717) is 12.5 Å². The number of aliphatic imine (C=N–C) groups is 1. The van der Waals surface area contributed by atoms with Crippen LogP contribution in [0.3, 0.4) is 0 Å². The third-order valence-corrected chi connectivity index (χ3v) is 4.01. The van der Waals surface area contributed by atoms with Gasteiger partial charge < -0.3 is 25.6 Å². The summed E-state index contributed by atoms with van der Waals surface area (Å²) < 4.78 is 5.20. The van der Waals surface area contributed by atoms with Gasteiger partial charge in [0.05, 0.1) is 0 Å². The molecule has 3 N–H and O–H groups in total. The molecule has 0 radical (unpaired) electrons. The number of ether oxygens (including phenoxy) is 1. The fourth-order valence-electron chi connectivity index (χ4n) is 2.86. The number of hydrogen-bond donors (Lipinski definition) is 3. The van der Waals surface area contributed by atoms with Crippen LogP contribution in [0.5, 0.6) is 0 Å². The first-order chi connectivity index (χ1) is 11.8. The van der Waals surface area contributed by atoms with Crippen LogP contribution in [-0.2, 0) is 4.74 Å². The molecule has 7 heteroatoms. The molecule has 146 valence electrons. The minimum absolute atomic E-state index is 0.368. The highest BCUT2D eigenvalue weighted by molar-refractivity contribution is 5.79. The smallest absolute Gasteiger partial charge is 0.407 e. The van der Waals surface area contributed by atoms with Crippen molar-refractivity contribution in [3.63, 3.8) is 0 Å². The summed E-state index contributed by atoms with van der Waals surface area (Å²) in [5.74, 6) is 1.52. The third kappa shape index (κ3) is 10.2. The van der Waals surface area contributed by atoms with Gasteiger partial charge in [-0.2, -0.15) is 0 Å². The molecule has 1 heterocycles. The van der Waals surface area contributed by atoms with E-state index in [2.05, 4.69) is 32.8 Å². The number of guanidine groups is 1.